The van der Waals surface area contributed by atoms with E-state index in [1.807, 2.05) is 42.5 Å². The summed E-state index contributed by atoms with van der Waals surface area (Å²) < 4.78 is 6.26. The lowest BCUT2D eigenvalue weighted by molar-refractivity contribution is 0.462. The largest absolute Gasteiger partial charge is 0.454 e. The molecule has 0 atom stereocenters. The number of nitrogens with two attached hydrogens (primary N) is 1. The first-order valence-corrected chi connectivity index (χ1v) is 10.7. The summed E-state index contributed by atoms with van der Waals surface area (Å²) in [4.78, 5) is 8.91. The van der Waals surface area contributed by atoms with E-state index in [2.05, 4.69) is 30.8 Å². The van der Waals surface area contributed by atoms with Gasteiger partial charge in [0.1, 0.15) is 11.6 Å². The molecular weight excluding hydrogens is 390 g/mol. The number of aromatic amines is 1. The van der Waals surface area contributed by atoms with Crippen LogP contribution in [0.1, 0.15) is 32.1 Å². The molecule has 0 radical (unpaired) electrons. The zero-order chi connectivity index (χ0) is 20.8. The maximum atomic E-state index is 6.26. The lowest BCUT2D eigenvalue weighted by atomic mass is 9.95. The van der Waals surface area contributed by atoms with E-state index in [0.29, 0.717) is 11.8 Å². The van der Waals surface area contributed by atoms with Crippen LogP contribution >= 0.6 is 0 Å². The summed E-state index contributed by atoms with van der Waals surface area (Å²) in [5.74, 6) is 3.22. The fourth-order valence-electron chi connectivity index (χ4n) is 4.49. The van der Waals surface area contributed by atoms with Crippen LogP contribution in [0.5, 0.6) is 11.5 Å². The van der Waals surface area contributed by atoms with Crippen molar-refractivity contribution in [3.63, 3.8) is 0 Å². The summed E-state index contributed by atoms with van der Waals surface area (Å²) in [5.41, 5.74) is 9.43. The van der Waals surface area contributed by atoms with Gasteiger partial charge in [-0.15, -0.1) is 0 Å². The van der Waals surface area contributed by atoms with Gasteiger partial charge in [-0.3, -0.25) is 5.10 Å². The summed E-state index contributed by atoms with van der Waals surface area (Å²) in [6.45, 7) is 0. The minimum absolute atomic E-state index is 0.250. The average Bonchev–Trinajstić information content (AvgIpc) is 3.10. The molecule has 1 saturated carbocycles. The molecule has 6 rings (SSSR count). The predicted molar refractivity (Wildman–Crippen MR) is 122 cm³/mol. The van der Waals surface area contributed by atoms with Crippen molar-refractivity contribution in [3.05, 3.63) is 42.5 Å². The Hall–Kier alpha value is -3.81. The van der Waals surface area contributed by atoms with Gasteiger partial charge < -0.3 is 21.1 Å². The Morgan fingerprint density at radius 1 is 1.00 bits per heavy atom. The number of anilines is 4. The van der Waals surface area contributed by atoms with Crippen LogP contribution in [0.2, 0.25) is 0 Å². The Morgan fingerprint density at radius 2 is 1.87 bits per heavy atom. The van der Waals surface area contributed by atoms with Gasteiger partial charge in [0.2, 0.25) is 5.95 Å². The highest BCUT2D eigenvalue weighted by atomic mass is 16.5. The molecule has 1 fully saturated rings. The standard InChI is InChI=1S/C23H23N7O/c24-23-27-16(12-20(28-23)25-14-6-2-1-3-7-14)13-10-17-21-19(11-13)31-18-9-5-4-8-15(18)26-22(21)30-29-17/h4-5,8-12,14H,1-3,6-7H2,(H2,26,29,30)(H3,24,25,27,28). The molecule has 31 heavy (non-hydrogen) atoms. The van der Waals surface area contributed by atoms with E-state index in [9.17, 15) is 0 Å². The van der Waals surface area contributed by atoms with Crippen LogP contribution in [-0.2, 0) is 0 Å². The van der Waals surface area contributed by atoms with Crippen molar-refractivity contribution in [2.45, 2.75) is 38.1 Å². The molecular formula is C23H23N7O. The number of rotatable bonds is 3. The number of H-pyrrole nitrogens is 1. The first-order valence-electron chi connectivity index (χ1n) is 10.7. The van der Waals surface area contributed by atoms with Crippen LogP contribution in [0.15, 0.2) is 42.5 Å². The summed E-state index contributed by atoms with van der Waals surface area (Å²) in [6, 6.07) is 14.2. The topological polar surface area (TPSA) is 114 Å². The van der Waals surface area contributed by atoms with Crippen LogP contribution in [0.3, 0.4) is 0 Å². The van der Waals surface area contributed by atoms with Crippen LogP contribution < -0.4 is 21.1 Å². The molecule has 2 aromatic carbocycles. The van der Waals surface area contributed by atoms with E-state index in [-0.39, 0.29) is 5.95 Å². The van der Waals surface area contributed by atoms with Crippen LogP contribution in [0.25, 0.3) is 22.2 Å². The highest BCUT2D eigenvalue weighted by Gasteiger charge is 2.21. The molecule has 8 nitrogen and oxygen atoms in total. The van der Waals surface area contributed by atoms with Crippen LogP contribution in [0, 0.1) is 0 Å². The van der Waals surface area contributed by atoms with E-state index in [1.54, 1.807) is 0 Å². The molecule has 0 saturated heterocycles. The minimum Gasteiger partial charge on any atom is -0.454 e. The SMILES string of the molecule is Nc1nc(NC2CCCCC2)cc(-c2cc3c4c(n[nH]c4c2)Nc2ccccc2O3)n1. The lowest BCUT2D eigenvalue weighted by Gasteiger charge is -2.23. The third-order valence-electron chi connectivity index (χ3n) is 5.98. The number of benzene rings is 2. The molecule has 156 valence electrons. The van der Waals surface area contributed by atoms with Crippen molar-refractivity contribution in [1.82, 2.24) is 20.2 Å². The maximum absolute atomic E-state index is 6.26. The van der Waals surface area contributed by atoms with Crippen molar-refractivity contribution in [1.29, 1.82) is 0 Å². The minimum atomic E-state index is 0.250. The van der Waals surface area contributed by atoms with Gasteiger partial charge in [0.15, 0.2) is 11.6 Å². The summed E-state index contributed by atoms with van der Waals surface area (Å²) in [5, 5.41) is 15.3. The van der Waals surface area contributed by atoms with Crippen LogP contribution in [0.4, 0.5) is 23.3 Å². The first-order chi connectivity index (χ1) is 15.2. The number of fused-ring (bicyclic) bond motifs is 1. The molecule has 2 aliphatic rings. The Kier molecular flexibility index (Phi) is 4.15. The third kappa shape index (κ3) is 3.30. The lowest BCUT2D eigenvalue weighted by Crippen LogP contribution is -2.23. The van der Waals surface area contributed by atoms with Gasteiger partial charge in [-0.25, -0.2) is 4.98 Å². The smallest absolute Gasteiger partial charge is 0.222 e. The number of ether oxygens (including phenoxy) is 1. The molecule has 1 aliphatic heterocycles. The molecule has 3 heterocycles. The zero-order valence-electron chi connectivity index (χ0n) is 17.0. The molecule has 0 bridgehead atoms. The molecule has 0 spiro atoms. The highest BCUT2D eigenvalue weighted by Crippen LogP contribution is 2.44. The second-order valence-electron chi connectivity index (χ2n) is 8.17. The predicted octanol–water partition coefficient (Wildman–Crippen LogP) is 5.20. The van der Waals surface area contributed by atoms with Gasteiger partial charge in [-0.1, -0.05) is 31.4 Å². The van der Waals surface area contributed by atoms with Crippen molar-refractivity contribution >= 4 is 34.2 Å². The number of nitrogens with zero attached hydrogens (tertiary/aromatic N) is 3. The third-order valence-corrected chi connectivity index (χ3v) is 5.98. The van der Waals surface area contributed by atoms with Crippen molar-refractivity contribution in [3.8, 4) is 22.8 Å². The van der Waals surface area contributed by atoms with Crippen molar-refractivity contribution in [2.75, 3.05) is 16.4 Å². The maximum Gasteiger partial charge on any atom is 0.222 e. The number of nitrogens with one attached hydrogen (secondary N) is 3. The van der Waals surface area contributed by atoms with Crippen molar-refractivity contribution < 1.29 is 4.74 Å². The average molecular weight is 413 g/mol. The Labute approximate surface area is 179 Å². The second kappa shape index (κ2) is 7.16. The summed E-state index contributed by atoms with van der Waals surface area (Å²) in [6.07, 6.45) is 6.13. The van der Waals surface area contributed by atoms with E-state index < -0.39 is 0 Å². The van der Waals surface area contributed by atoms with Crippen LogP contribution in [-0.4, -0.2) is 26.2 Å². The fourth-order valence-corrected chi connectivity index (χ4v) is 4.49. The summed E-state index contributed by atoms with van der Waals surface area (Å²) in [7, 11) is 0. The van der Waals surface area contributed by atoms with E-state index in [1.165, 1.54) is 19.3 Å². The molecule has 0 unspecified atom stereocenters. The molecule has 8 heteroatoms. The van der Waals surface area contributed by atoms with Gasteiger partial charge in [-0.2, -0.15) is 10.1 Å². The van der Waals surface area contributed by atoms with Gasteiger partial charge in [0.25, 0.3) is 0 Å². The first kappa shape index (κ1) is 18.0. The van der Waals surface area contributed by atoms with E-state index in [4.69, 9.17) is 10.5 Å². The van der Waals surface area contributed by atoms with Gasteiger partial charge in [0, 0.05) is 17.7 Å². The van der Waals surface area contributed by atoms with E-state index in [0.717, 1.165) is 58.1 Å². The normalized spacial score (nSPS) is 15.6. The molecule has 0 amide bonds. The number of nitrogen functional groups attached to an aromatic ring is 1. The number of para-hydroxylation sites is 2. The fraction of sp³-hybridized carbons (Fsp3) is 0.261. The molecule has 2 aromatic heterocycles. The molecule has 4 aromatic rings. The number of hydrogen-bond donors (Lipinski definition) is 4. The Bertz CT molecular complexity index is 1280. The highest BCUT2D eigenvalue weighted by molar-refractivity contribution is 6.00. The van der Waals surface area contributed by atoms with Gasteiger partial charge in [0.05, 0.1) is 22.3 Å². The van der Waals surface area contributed by atoms with Gasteiger partial charge in [-0.05, 0) is 37.1 Å². The second-order valence-corrected chi connectivity index (χ2v) is 8.17. The Balaban J connectivity index is 1.41. The monoisotopic (exact) mass is 413 g/mol. The molecule has 5 N–H and O–H groups in total. The number of aromatic nitrogens is 4. The zero-order valence-corrected chi connectivity index (χ0v) is 17.0. The van der Waals surface area contributed by atoms with E-state index >= 15 is 0 Å². The summed E-state index contributed by atoms with van der Waals surface area (Å²) >= 11 is 0. The van der Waals surface area contributed by atoms with Crippen molar-refractivity contribution in [2.24, 2.45) is 0 Å². The molecule has 1 aliphatic carbocycles. The quantitative estimate of drug-likeness (QED) is 0.322. The van der Waals surface area contributed by atoms with Gasteiger partial charge >= 0.3 is 0 Å². The Morgan fingerprint density at radius 3 is 2.77 bits per heavy atom. The number of hydrogen-bond acceptors (Lipinski definition) is 7.